The summed E-state index contributed by atoms with van der Waals surface area (Å²) < 4.78 is 4.58. The molecule has 0 spiro atoms. The molecule has 0 N–H and O–H groups in total. The van der Waals surface area contributed by atoms with E-state index < -0.39 is 0 Å². The molecule has 5 aromatic carbocycles. The van der Waals surface area contributed by atoms with E-state index in [0.717, 1.165) is 47.0 Å². The third-order valence-corrected chi connectivity index (χ3v) is 8.27. The van der Waals surface area contributed by atoms with Crippen LogP contribution in [-0.2, 0) is 12.8 Å². The second-order valence-electron chi connectivity index (χ2n) is 12.7. The van der Waals surface area contributed by atoms with Gasteiger partial charge in [0.1, 0.15) is 0 Å². The van der Waals surface area contributed by atoms with Crippen LogP contribution >= 0.6 is 0 Å². The molecule has 0 aliphatic heterocycles. The van der Waals surface area contributed by atoms with Crippen molar-refractivity contribution in [1.29, 1.82) is 0 Å². The molecule has 0 unspecified atom stereocenters. The van der Waals surface area contributed by atoms with Gasteiger partial charge in [0.2, 0.25) is 0 Å². The predicted molar refractivity (Wildman–Crippen MR) is 184 cm³/mol. The number of rotatable bonds is 8. The van der Waals surface area contributed by atoms with Gasteiger partial charge in [-0.05, 0) is 84.3 Å². The van der Waals surface area contributed by atoms with Crippen molar-refractivity contribution in [3.8, 4) is 34.2 Å². The van der Waals surface area contributed by atoms with Crippen molar-refractivity contribution in [2.75, 3.05) is 0 Å². The molecule has 7 rings (SSSR count). The number of fused-ring (bicyclic) bond motifs is 3. The largest absolute Gasteiger partial charge is 0.309 e. The second kappa shape index (κ2) is 11.6. The minimum Gasteiger partial charge on any atom is -0.309 e. The van der Waals surface area contributed by atoms with Gasteiger partial charge < -0.3 is 4.57 Å². The van der Waals surface area contributed by atoms with Crippen LogP contribution in [0.1, 0.15) is 38.8 Å². The summed E-state index contributed by atoms with van der Waals surface area (Å²) in [6.07, 6.45) is 2.16. The highest BCUT2D eigenvalue weighted by molar-refractivity contribution is 6.09. The number of nitrogens with zero attached hydrogens (tertiary/aromatic N) is 4. The van der Waals surface area contributed by atoms with Crippen LogP contribution in [0.2, 0.25) is 0 Å². The van der Waals surface area contributed by atoms with Crippen LogP contribution in [-0.4, -0.2) is 19.3 Å². The van der Waals surface area contributed by atoms with Gasteiger partial charge >= 0.3 is 0 Å². The summed E-state index contributed by atoms with van der Waals surface area (Å²) in [5.74, 6) is 2.88. The molecule has 4 nitrogen and oxygen atoms in total. The molecule has 4 heteroatoms. The molecular weight excluding hydrogens is 536 g/mol. The quantitative estimate of drug-likeness (QED) is 0.181. The van der Waals surface area contributed by atoms with E-state index in [-0.39, 0.29) is 0 Å². The van der Waals surface area contributed by atoms with E-state index in [1.165, 1.54) is 32.9 Å². The zero-order chi connectivity index (χ0) is 30.2. The molecule has 0 aliphatic carbocycles. The van der Waals surface area contributed by atoms with Gasteiger partial charge in [0, 0.05) is 33.3 Å². The summed E-state index contributed by atoms with van der Waals surface area (Å²) in [6.45, 7) is 9.16. The molecule has 44 heavy (non-hydrogen) atoms. The Bertz CT molecular complexity index is 1920. The Hall–Kier alpha value is -4.96. The predicted octanol–water partition coefficient (Wildman–Crippen LogP) is 10.1. The first-order chi connectivity index (χ1) is 21.5. The standard InChI is InChI=1S/C40H38N4/c1-27(2)23-29-15-21-37-35(25-29)36-26-30(24-28(3)4)16-22-38(36)43(37)33-17-19-34(20-18-33)44-39(31-11-7-5-8-12-31)41-42-40(44)32-13-9-6-10-14-32/h5-22,25-28H,23-24H2,1-4H3. The van der Waals surface area contributed by atoms with Crippen molar-refractivity contribution in [2.45, 2.75) is 40.5 Å². The Labute approximate surface area is 259 Å². The van der Waals surface area contributed by atoms with Gasteiger partial charge in [-0.25, -0.2) is 0 Å². The summed E-state index contributed by atoms with van der Waals surface area (Å²) in [5, 5.41) is 12.0. The fourth-order valence-corrected chi connectivity index (χ4v) is 6.42. The van der Waals surface area contributed by atoms with Crippen molar-refractivity contribution in [2.24, 2.45) is 11.8 Å². The maximum absolute atomic E-state index is 4.66. The van der Waals surface area contributed by atoms with Crippen LogP contribution in [0.3, 0.4) is 0 Å². The third-order valence-electron chi connectivity index (χ3n) is 8.27. The molecule has 0 radical (unpaired) electrons. The van der Waals surface area contributed by atoms with E-state index in [9.17, 15) is 0 Å². The first kappa shape index (κ1) is 27.8. The summed E-state index contributed by atoms with van der Waals surface area (Å²) >= 11 is 0. The third kappa shape index (κ3) is 5.22. The molecule has 0 fully saturated rings. The Kier molecular flexibility index (Phi) is 7.35. The molecule has 0 saturated carbocycles. The van der Waals surface area contributed by atoms with Crippen molar-refractivity contribution in [3.05, 3.63) is 132 Å². The fraction of sp³-hybridized carbons (Fsp3) is 0.200. The Morgan fingerprint density at radius 3 is 1.30 bits per heavy atom. The van der Waals surface area contributed by atoms with Gasteiger partial charge in [0.25, 0.3) is 0 Å². The zero-order valence-corrected chi connectivity index (χ0v) is 25.9. The van der Waals surface area contributed by atoms with Gasteiger partial charge in [-0.15, -0.1) is 10.2 Å². The first-order valence-electron chi connectivity index (χ1n) is 15.7. The number of benzene rings is 5. The van der Waals surface area contributed by atoms with E-state index in [0.29, 0.717) is 11.8 Å². The fourth-order valence-electron chi connectivity index (χ4n) is 6.42. The minimum atomic E-state index is 0.615. The molecule has 2 aromatic heterocycles. The van der Waals surface area contributed by atoms with E-state index >= 15 is 0 Å². The van der Waals surface area contributed by atoms with Crippen molar-refractivity contribution in [1.82, 2.24) is 19.3 Å². The normalized spacial score (nSPS) is 11.8. The van der Waals surface area contributed by atoms with Gasteiger partial charge in [-0.1, -0.05) is 100 Å². The molecule has 0 amide bonds. The highest BCUT2D eigenvalue weighted by Crippen LogP contribution is 2.35. The van der Waals surface area contributed by atoms with Crippen molar-refractivity contribution >= 4 is 21.8 Å². The van der Waals surface area contributed by atoms with E-state index in [2.05, 4.69) is 132 Å². The summed E-state index contributed by atoms with van der Waals surface area (Å²) in [7, 11) is 0. The molecule has 218 valence electrons. The average molecular weight is 575 g/mol. The summed E-state index contributed by atoms with van der Waals surface area (Å²) in [4.78, 5) is 0. The monoisotopic (exact) mass is 574 g/mol. The second-order valence-corrected chi connectivity index (χ2v) is 12.7. The smallest absolute Gasteiger partial charge is 0.168 e. The molecule has 0 saturated heterocycles. The van der Waals surface area contributed by atoms with E-state index in [4.69, 9.17) is 0 Å². The van der Waals surface area contributed by atoms with Crippen molar-refractivity contribution < 1.29 is 0 Å². The number of hydrogen-bond donors (Lipinski definition) is 0. The molecule has 0 bridgehead atoms. The molecule has 2 heterocycles. The van der Waals surface area contributed by atoms with Crippen LogP contribution in [0.4, 0.5) is 0 Å². The van der Waals surface area contributed by atoms with Crippen LogP contribution < -0.4 is 0 Å². The number of hydrogen-bond acceptors (Lipinski definition) is 2. The maximum atomic E-state index is 4.66. The van der Waals surface area contributed by atoms with Gasteiger partial charge in [0.15, 0.2) is 11.6 Å². The highest BCUT2D eigenvalue weighted by Gasteiger charge is 2.18. The van der Waals surface area contributed by atoms with Crippen LogP contribution in [0.25, 0.3) is 56.0 Å². The van der Waals surface area contributed by atoms with E-state index in [1.807, 2.05) is 36.4 Å². The maximum Gasteiger partial charge on any atom is 0.168 e. The van der Waals surface area contributed by atoms with Crippen LogP contribution in [0.5, 0.6) is 0 Å². The molecule has 0 atom stereocenters. The van der Waals surface area contributed by atoms with Crippen LogP contribution in [0.15, 0.2) is 121 Å². The average Bonchev–Trinajstić information content (AvgIpc) is 3.61. The van der Waals surface area contributed by atoms with Crippen LogP contribution in [0, 0.1) is 11.8 Å². The molecule has 0 aliphatic rings. The highest BCUT2D eigenvalue weighted by atomic mass is 15.3. The lowest BCUT2D eigenvalue weighted by Gasteiger charge is -2.13. The molecular formula is C40H38N4. The van der Waals surface area contributed by atoms with Crippen molar-refractivity contribution in [3.63, 3.8) is 0 Å². The Morgan fingerprint density at radius 2 is 0.886 bits per heavy atom. The lowest BCUT2D eigenvalue weighted by atomic mass is 9.99. The van der Waals surface area contributed by atoms with Gasteiger partial charge in [-0.2, -0.15) is 0 Å². The van der Waals surface area contributed by atoms with Gasteiger partial charge in [0.05, 0.1) is 11.0 Å². The Balaban J connectivity index is 1.38. The molecule has 7 aromatic rings. The summed E-state index contributed by atoms with van der Waals surface area (Å²) in [6, 6.07) is 43.5. The topological polar surface area (TPSA) is 35.6 Å². The first-order valence-corrected chi connectivity index (χ1v) is 15.7. The van der Waals surface area contributed by atoms with Gasteiger partial charge in [-0.3, -0.25) is 4.57 Å². The minimum absolute atomic E-state index is 0.615. The zero-order valence-electron chi connectivity index (χ0n) is 25.9. The SMILES string of the molecule is CC(C)Cc1ccc2c(c1)c1cc(CC(C)C)ccc1n2-c1ccc(-n2c(-c3ccccc3)nnc2-c2ccccc2)cc1. The summed E-state index contributed by atoms with van der Waals surface area (Å²) in [5.41, 5.74) is 9.48. The lowest BCUT2D eigenvalue weighted by Crippen LogP contribution is -2.01. The lowest BCUT2D eigenvalue weighted by molar-refractivity contribution is 0.647. The number of aromatic nitrogens is 4. The van der Waals surface area contributed by atoms with E-state index in [1.54, 1.807) is 0 Å². The Morgan fingerprint density at radius 1 is 0.477 bits per heavy atom.